The average Bonchev–Trinajstić information content (AvgIpc) is 3.75. The maximum Gasteiger partial charge on any atom is 0.0726 e. The van der Waals surface area contributed by atoms with Crippen LogP contribution in [0.2, 0.25) is 0 Å². The van der Waals surface area contributed by atoms with Crippen LogP contribution in [0.15, 0.2) is 212 Å². The summed E-state index contributed by atoms with van der Waals surface area (Å²) in [6.45, 7) is 0. The smallest absolute Gasteiger partial charge is 0.0726 e. The Bertz CT molecular complexity index is 2520. The minimum atomic E-state index is -0.549. The van der Waals surface area contributed by atoms with Gasteiger partial charge in [-0.1, -0.05) is 152 Å². The molecule has 0 fully saturated rings. The van der Waals surface area contributed by atoms with Crippen molar-refractivity contribution in [2.45, 2.75) is 5.41 Å². The summed E-state index contributed by atoms with van der Waals surface area (Å²) in [5.74, 6) is 0. The number of hydrogen-bond donors (Lipinski definition) is 0. The van der Waals surface area contributed by atoms with Gasteiger partial charge in [0.2, 0.25) is 0 Å². The van der Waals surface area contributed by atoms with E-state index < -0.39 is 5.41 Å². The molecule has 1 atom stereocenters. The Kier molecular flexibility index (Phi) is 7.40. The molecule has 0 saturated carbocycles. The van der Waals surface area contributed by atoms with Crippen molar-refractivity contribution in [3.8, 4) is 11.1 Å². The number of rotatable bonds is 7. The molecule has 0 N–H and O–H groups in total. The highest BCUT2D eigenvalue weighted by atomic mass is 15.2. The Balaban J connectivity index is 1.30. The predicted molar refractivity (Wildman–Crippen MR) is 222 cm³/mol. The number of para-hydroxylation sites is 4. The first kappa shape index (κ1) is 30.9. The molecule has 0 aromatic heterocycles. The molecule has 0 aliphatic heterocycles. The van der Waals surface area contributed by atoms with E-state index in [0.29, 0.717) is 0 Å². The molecule has 1 unspecified atom stereocenters. The quantitative estimate of drug-likeness (QED) is 0.166. The summed E-state index contributed by atoms with van der Waals surface area (Å²) in [5.41, 5.74) is 16.4. The third kappa shape index (κ3) is 4.80. The van der Waals surface area contributed by atoms with E-state index in [1.54, 1.807) is 0 Å². The molecule has 2 nitrogen and oxygen atoms in total. The van der Waals surface area contributed by atoms with Gasteiger partial charge in [0.25, 0.3) is 0 Å². The molecule has 1 spiro atoms. The molecule has 2 heteroatoms. The summed E-state index contributed by atoms with van der Waals surface area (Å²) >= 11 is 0. The zero-order valence-electron chi connectivity index (χ0n) is 29.2. The zero-order chi connectivity index (χ0) is 35.2. The van der Waals surface area contributed by atoms with Crippen LogP contribution in [-0.2, 0) is 5.41 Å². The topological polar surface area (TPSA) is 6.48 Å². The van der Waals surface area contributed by atoms with Crippen LogP contribution >= 0.6 is 0 Å². The van der Waals surface area contributed by atoms with E-state index in [1.165, 1.54) is 44.5 Å². The molecule has 2 aliphatic rings. The van der Waals surface area contributed by atoms with Gasteiger partial charge in [0.1, 0.15) is 0 Å². The third-order valence-electron chi connectivity index (χ3n) is 10.9. The maximum absolute atomic E-state index is 2.48. The van der Waals surface area contributed by atoms with Crippen molar-refractivity contribution in [2.24, 2.45) is 0 Å². The second kappa shape index (κ2) is 12.7. The number of allylic oxidation sites excluding steroid dienone is 1. The lowest BCUT2D eigenvalue weighted by Gasteiger charge is -2.34. The summed E-state index contributed by atoms with van der Waals surface area (Å²) in [7, 11) is 0. The number of anilines is 6. The Hall–Kier alpha value is -6.90. The molecular weight excluding hydrogens is 641 g/mol. The van der Waals surface area contributed by atoms with E-state index in [4.69, 9.17) is 0 Å². The minimum Gasteiger partial charge on any atom is -0.310 e. The highest BCUT2D eigenvalue weighted by molar-refractivity contribution is 6.09. The maximum atomic E-state index is 2.48. The van der Waals surface area contributed by atoms with Crippen molar-refractivity contribution in [2.75, 3.05) is 9.80 Å². The monoisotopic (exact) mass is 676 g/mol. The van der Waals surface area contributed by atoms with E-state index in [0.717, 1.165) is 34.1 Å². The van der Waals surface area contributed by atoms with Gasteiger partial charge < -0.3 is 9.80 Å². The van der Waals surface area contributed by atoms with Gasteiger partial charge in [-0.3, -0.25) is 0 Å². The fourth-order valence-corrected chi connectivity index (χ4v) is 8.78. The van der Waals surface area contributed by atoms with Crippen LogP contribution < -0.4 is 9.80 Å². The van der Waals surface area contributed by atoms with Gasteiger partial charge in [-0.25, -0.2) is 0 Å². The Labute approximate surface area is 311 Å². The largest absolute Gasteiger partial charge is 0.310 e. The van der Waals surface area contributed by atoms with Crippen LogP contribution in [-0.4, -0.2) is 0 Å². The fraction of sp³-hybridized carbons (Fsp3) is 0.0196. The molecule has 250 valence electrons. The second-order valence-electron chi connectivity index (χ2n) is 13.7. The van der Waals surface area contributed by atoms with Crippen LogP contribution in [0.3, 0.4) is 0 Å². The fourth-order valence-electron chi connectivity index (χ4n) is 8.78. The van der Waals surface area contributed by atoms with Crippen LogP contribution in [0.25, 0.3) is 22.8 Å². The lowest BCUT2D eigenvalue weighted by atomic mass is 9.68. The molecule has 8 aromatic carbocycles. The Morgan fingerprint density at radius 1 is 0.321 bits per heavy atom. The van der Waals surface area contributed by atoms with Crippen molar-refractivity contribution in [1.82, 2.24) is 0 Å². The predicted octanol–water partition coefficient (Wildman–Crippen LogP) is 13.5. The van der Waals surface area contributed by atoms with Gasteiger partial charge >= 0.3 is 0 Å². The molecule has 8 aromatic rings. The summed E-state index contributed by atoms with van der Waals surface area (Å²) < 4.78 is 0. The van der Waals surface area contributed by atoms with E-state index in [-0.39, 0.29) is 0 Å². The van der Waals surface area contributed by atoms with Gasteiger partial charge in [-0.15, -0.1) is 0 Å². The van der Waals surface area contributed by atoms with Gasteiger partial charge in [-0.05, 0) is 100 Å². The Morgan fingerprint density at radius 2 is 0.736 bits per heavy atom. The first-order chi connectivity index (χ1) is 26.3. The van der Waals surface area contributed by atoms with E-state index in [1.807, 2.05) is 0 Å². The SMILES string of the molecule is C1=C(c2ccccc2)C2(c3ccccc3-c3c(N(c4ccccc4)c4ccccc4)cccc32)c2cccc(N(c3ccccc3)c3ccccc3)c21. The Morgan fingerprint density at radius 3 is 1.28 bits per heavy atom. The minimum absolute atomic E-state index is 0.549. The van der Waals surface area contributed by atoms with Crippen LogP contribution in [0, 0.1) is 0 Å². The second-order valence-corrected chi connectivity index (χ2v) is 13.7. The zero-order valence-corrected chi connectivity index (χ0v) is 29.2. The van der Waals surface area contributed by atoms with E-state index >= 15 is 0 Å². The third-order valence-corrected chi connectivity index (χ3v) is 10.9. The first-order valence-corrected chi connectivity index (χ1v) is 18.3. The van der Waals surface area contributed by atoms with Crippen LogP contribution in [0.1, 0.15) is 27.8 Å². The molecule has 0 radical (unpaired) electrons. The number of fused-ring (bicyclic) bond motifs is 7. The molecule has 53 heavy (non-hydrogen) atoms. The molecule has 0 heterocycles. The summed E-state index contributed by atoms with van der Waals surface area (Å²) in [5, 5.41) is 0. The van der Waals surface area contributed by atoms with Crippen LogP contribution in [0.5, 0.6) is 0 Å². The van der Waals surface area contributed by atoms with Crippen LogP contribution in [0.4, 0.5) is 34.1 Å². The molecular formula is C51H36N2. The standard InChI is InChI=1S/C51H36N2/c1-6-20-37(21-7-1)47-36-43-45(32-18-34-48(43)52(38-22-8-2-9-23-38)39-24-10-3-11-25-39)51(47)44-31-17-16-30-42(44)50-46(51)33-19-35-49(50)53(40-26-12-4-13-27-40)41-28-14-5-15-29-41/h1-36H. The molecule has 2 aliphatic carbocycles. The van der Waals surface area contributed by atoms with Gasteiger partial charge in [0.05, 0.1) is 16.8 Å². The lowest BCUT2D eigenvalue weighted by molar-refractivity contribution is 0.842. The van der Waals surface area contributed by atoms with Crippen molar-refractivity contribution in [1.29, 1.82) is 0 Å². The highest BCUT2D eigenvalue weighted by Gasteiger charge is 2.52. The van der Waals surface area contributed by atoms with E-state index in [9.17, 15) is 0 Å². The summed E-state index contributed by atoms with van der Waals surface area (Å²) in [6, 6.07) is 76.9. The molecule has 10 rings (SSSR count). The number of hydrogen-bond acceptors (Lipinski definition) is 2. The summed E-state index contributed by atoms with van der Waals surface area (Å²) in [6.07, 6.45) is 2.48. The summed E-state index contributed by atoms with van der Waals surface area (Å²) in [4.78, 5) is 4.82. The highest BCUT2D eigenvalue weighted by Crippen LogP contribution is 2.65. The van der Waals surface area contributed by atoms with Crippen molar-refractivity contribution in [3.05, 3.63) is 240 Å². The van der Waals surface area contributed by atoms with Gasteiger partial charge in [0.15, 0.2) is 0 Å². The average molecular weight is 677 g/mol. The van der Waals surface area contributed by atoms with Gasteiger partial charge in [-0.2, -0.15) is 0 Å². The molecule has 0 bridgehead atoms. The lowest BCUT2D eigenvalue weighted by Crippen LogP contribution is -2.27. The van der Waals surface area contributed by atoms with Crippen molar-refractivity contribution < 1.29 is 0 Å². The van der Waals surface area contributed by atoms with Crippen molar-refractivity contribution in [3.63, 3.8) is 0 Å². The van der Waals surface area contributed by atoms with Gasteiger partial charge in [0, 0.05) is 33.9 Å². The molecule has 0 amide bonds. The number of nitrogens with zero attached hydrogens (tertiary/aromatic N) is 2. The first-order valence-electron chi connectivity index (χ1n) is 18.3. The van der Waals surface area contributed by atoms with Crippen molar-refractivity contribution >= 4 is 45.8 Å². The normalized spacial score (nSPS) is 15.0. The number of benzene rings is 8. The van der Waals surface area contributed by atoms with E-state index in [2.05, 4.69) is 228 Å². The molecule has 0 saturated heterocycles.